The van der Waals surface area contributed by atoms with E-state index in [-0.39, 0.29) is 24.4 Å². The lowest BCUT2D eigenvalue weighted by molar-refractivity contribution is 0.377. The van der Waals surface area contributed by atoms with Crippen molar-refractivity contribution in [1.82, 2.24) is 10.0 Å². The van der Waals surface area contributed by atoms with Gasteiger partial charge in [-0.15, -0.1) is 24.2 Å². The largest absolute Gasteiger partial charge is 0.497 e. The van der Waals surface area contributed by atoms with E-state index in [9.17, 15) is 8.42 Å². The fourth-order valence-electron chi connectivity index (χ4n) is 3.27. The molecule has 5 nitrogen and oxygen atoms in total. The number of halogens is 1. The van der Waals surface area contributed by atoms with E-state index in [0.29, 0.717) is 11.4 Å². The summed E-state index contributed by atoms with van der Waals surface area (Å²) < 4.78 is 33.9. The molecule has 1 heterocycles. The van der Waals surface area contributed by atoms with Gasteiger partial charge in [0, 0.05) is 23.4 Å². The van der Waals surface area contributed by atoms with E-state index in [0.717, 1.165) is 29.2 Å². The maximum Gasteiger partial charge on any atom is 0.240 e. The van der Waals surface area contributed by atoms with Gasteiger partial charge in [0.15, 0.2) is 0 Å². The zero-order chi connectivity index (χ0) is 18.6. The van der Waals surface area contributed by atoms with Crippen LogP contribution in [0.2, 0.25) is 0 Å². The minimum atomic E-state index is -3.57. The Morgan fingerprint density at radius 1 is 1.19 bits per heavy atom. The zero-order valence-electron chi connectivity index (χ0n) is 15.3. The van der Waals surface area contributed by atoms with E-state index >= 15 is 0 Å². The Hall–Kier alpha value is -1.25. The van der Waals surface area contributed by atoms with E-state index in [4.69, 9.17) is 4.74 Å². The molecule has 0 saturated carbocycles. The second kappa shape index (κ2) is 9.80. The van der Waals surface area contributed by atoms with Crippen LogP contribution in [0.1, 0.15) is 17.9 Å². The third kappa shape index (κ3) is 5.39. The molecule has 1 aliphatic rings. The number of thioether (sulfide) groups is 1. The van der Waals surface area contributed by atoms with Gasteiger partial charge in [0.2, 0.25) is 10.0 Å². The summed E-state index contributed by atoms with van der Waals surface area (Å²) in [4.78, 5) is 1.24. The maximum atomic E-state index is 12.9. The molecular formula is C19H25ClN2O3S2. The number of sulfonamides is 1. The van der Waals surface area contributed by atoms with Gasteiger partial charge < -0.3 is 10.1 Å². The fourth-order valence-corrected chi connectivity index (χ4v) is 5.12. The summed E-state index contributed by atoms with van der Waals surface area (Å²) >= 11 is 1.53. The Kier molecular flexibility index (Phi) is 8.00. The first kappa shape index (κ1) is 22.0. The van der Waals surface area contributed by atoms with Crippen LogP contribution in [-0.4, -0.2) is 40.9 Å². The van der Waals surface area contributed by atoms with Crippen LogP contribution in [0, 0.1) is 0 Å². The Labute approximate surface area is 171 Å². The highest BCUT2D eigenvalue weighted by Gasteiger charge is 2.30. The number of piperidine rings is 1. The number of hydrogen-bond donors (Lipinski definition) is 2. The van der Waals surface area contributed by atoms with Crippen molar-refractivity contribution in [3.05, 3.63) is 54.1 Å². The van der Waals surface area contributed by atoms with Gasteiger partial charge in [0.1, 0.15) is 5.75 Å². The van der Waals surface area contributed by atoms with Crippen LogP contribution in [0.5, 0.6) is 5.75 Å². The molecule has 2 aromatic rings. The van der Waals surface area contributed by atoms with Crippen LogP contribution in [0.4, 0.5) is 0 Å². The third-order valence-corrected chi connectivity index (χ3v) is 6.90. The number of ether oxygens (including phenoxy) is 1. The van der Waals surface area contributed by atoms with Gasteiger partial charge in [-0.25, -0.2) is 13.1 Å². The summed E-state index contributed by atoms with van der Waals surface area (Å²) in [6.45, 7) is 1.48. The number of hydrogen-bond acceptors (Lipinski definition) is 5. The molecule has 1 saturated heterocycles. The lowest BCUT2D eigenvalue weighted by atomic mass is 9.86. The van der Waals surface area contributed by atoms with Crippen molar-refractivity contribution < 1.29 is 13.2 Å². The van der Waals surface area contributed by atoms with Crippen molar-refractivity contribution >= 4 is 34.2 Å². The summed E-state index contributed by atoms with van der Waals surface area (Å²) in [6, 6.07) is 14.7. The zero-order valence-corrected chi connectivity index (χ0v) is 17.8. The van der Waals surface area contributed by atoms with E-state index < -0.39 is 10.0 Å². The van der Waals surface area contributed by atoms with Crippen LogP contribution < -0.4 is 14.8 Å². The lowest BCUT2D eigenvalue weighted by Crippen LogP contribution is -2.49. The predicted molar refractivity (Wildman–Crippen MR) is 113 cm³/mol. The molecule has 0 aliphatic carbocycles. The number of methoxy groups -OCH3 is 1. The molecule has 3 rings (SSSR count). The number of rotatable bonds is 6. The molecule has 2 atom stereocenters. The Morgan fingerprint density at radius 2 is 1.93 bits per heavy atom. The first-order valence-electron chi connectivity index (χ1n) is 8.54. The summed E-state index contributed by atoms with van der Waals surface area (Å²) in [6.07, 6.45) is 2.81. The number of nitrogens with one attached hydrogen (secondary N) is 2. The predicted octanol–water partition coefficient (Wildman–Crippen LogP) is 3.26. The summed E-state index contributed by atoms with van der Waals surface area (Å²) in [5, 5.41) is 3.30. The maximum absolute atomic E-state index is 12.9. The molecule has 1 fully saturated rings. The topological polar surface area (TPSA) is 67.4 Å². The first-order valence-corrected chi connectivity index (χ1v) is 11.3. The van der Waals surface area contributed by atoms with Gasteiger partial charge in [-0.05, 0) is 55.1 Å². The van der Waals surface area contributed by atoms with E-state index in [1.54, 1.807) is 25.3 Å². The van der Waals surface area contributed by atoms with Gasteiger partial charge in [-0.2, -0.15) is 0 Å². The average Bonchev–Trinajstić information content (AvgIpc) is 2.68. The lowest BCUT2D eigenvalue weighted by Gasteiger charge is -2.33. The van der Waals surface area contributed by atoms with E-state index in [1.165, 1.54) is 11.8 Å². The van der Waals surface area contributed by atoms with Gasteiger partial charge in [0.05, 0.1) is 12.0 Å². The van der Waals surface area contributed by atoms with Crippen LogP contribution in [0.3, 0.4) is 0 Å². The highest BCUT2D eigenvalue weighted by atomic mass is 35.5. The fraction of sp³-hybridized carbons (Fsp3) is 0.368. The second-order valence-electron chi connectivity index (χ2n) is 6.28. The molecule has 8 heteroatoms. The molecular weight excluding hydrogens is 404 g/mol. The van der Waals surface area contributed by atoms with Gasteiger partial charge >= 0.3 is 0 Å². The summed E-state index contributed by atoms with van der Waals surface area (Å²) in [5.74, 6) is 0.925. The average molecular weight is 429 g/mol. The molecule has 148 valence electrons. The van der Waals surface area contributed by atoms with E-state index in [2.05, 4.69) is 10.0 Å². The first-order chi connectivity index (χ1) is 12.5. The molecule has 2 aromatic carbocycles. The van der Waals surface area contributed by atoms with Crippen molar-refractivity contribution in [2.45, 2.75) is 28.2 Å². The number of benzene rings is 2. The van der Waals surface area contributed by atoms with Crippen molar-refractivity contribution in [3.63, 3.8) is 0 Å². The van der Waals surface area contributed by atoms with Gasteiger partial charge in [-0.3, -0.25) is 0 Å². The van der Waals surface area contributed by atoms with Crippen LogP contribution in [-0.2, 0) is 10.0 Å². The quantitative estimate of drug-likeness (QED) is 0.691. The summed E-state index contributed by atoms with van der Waals surface area (Å²) in [7, 11) is -1.94. The SMILES string of the molecule is COc1ccc(C2CCNCC2NS(=O)(=O)c2cccc(SC)c2)cc1.Cl. The van der Waals surface area contributed by atoms with Crippen LogP contribution in [0.15, 0.2) is 58.3 Å². The molecule has 0 radical (unpaired) electrons. The molecule has 0 bridgehead atoms. The molecule has 0 aromatic heterocycles. The molecule has 2 unspecified atom stereocenters. The van der Waals surface area contributed by atoms with Gasteiger partial charge in [0.25, 0.3) is 0 Å². The molecule has 1 aliphatic heterocycles. The summed E-state index contributed by atoms with van der Waals surface area (Å²) in [5.41, 5.74) is 1.12. The highest BCUT2D eigenvalue weighted by molar-refractivity contribution is 7.98. The van der Waals surface area contributed by atoms with Crippen molar-refractivity contribution in [3.8, 4) is 5.75 Å². The van der Waals surface area contributed by atoms with E-state index in [1.807, 2.05) is 36.6 Å². The Balaban J connectivity index is 0.00000261. The van der Waals surface area contributed by atoms with Crippen LogP contribution in [0.25, 0.3) is 0 Å². The van der Waals surface area contributed by atoms with Crippen molar-refractivity contribution in [2.75, 3.05) is 26.5 Å². The molecule has 27 heavy (non-hydrogen) atoms. The van der Waals surface area contributed by atoms with Crippen molar-refractivity contribution in [2.24, 2.45) is 0 Å². The smallest absolute Gasteiger partial charge is 0.240 e. The van der Waals surface area contributed by atoms with Crippen LogP contribution >= 0.6 is 24.2 Å². The third-order valence-electron chi connectivity index (χ3n) is 4.68. The standard InChI is InChI=1S/C19H24N2O3S2.ClH/c1-24-15-8-6-14(7-9-15)18-10-11-20-13-19(18)21-26(22,23)17-5-3-4-16(12-17)25-2;/h3-9,12,18-21H,10-11,13H2,1-2H3;1H. The minimum absolute atomic E-state index is 0. The molecule has 0 spiro atoms. The highest BCUT2D eigenvalue weighted by Crippen LogP contribution is 2.28. The Morgan fingerprint density at radius 3 is 2.59 bits per heavy atom. The molecule has 2 N–H and O–H groups in total. The second-order valence-corrected chi connectivity index (χ2v) is 8.87. The van der Waals surface area contributed by atoms with Gasteiger partial charge in [-0.1, -0.05) is 18.2 Å². The monoisotopic (exact) mass is 428 g/mol. The normalized spacial score (nSPS) is 19.9. The Bertz CT molecular complexity index is 844. The minimum Gasteiger partial charge on any atom is -0.497 e. The van der Waals surface area contributed by atoms with Crippen molar-refractivity contribution in [1.29, 1.82) is 0 Å². The molecule has 0 amide bonds.